The van der Waals surface area contributed by atoms with Crippen molar-refractivity contribution in [3.05, 3.63) is 58.6 Å². The first kappa shape index (κ1) is 15.8. The largest absolute Gasteiger partial charge is 0.506 e. The van der Waals surface area contributed by atoms with Gasteiger partial charge in [0.05, 0.1) is 29.8 Å². The van der Waals surface area contributed by atoms with Gasteiger partial charge in [-0.25, -0.2) is 0 Å². The van der Waals surface area contributed by atoms with E-state index < -0.39 is 12.0 Å². The monoisotopic (exact) mass is 316 g/mol. The van der Waals surface area contributed by atoms with E-state index in [1.165, 1.54) is 18.2 Å². The van der Waals surface area contributed by atoms with E-state index in [0.29, 0.717) is 16.1 Å². The maximum Gasteiger partial charge on any atom is 0.227 e. The van der Waals surface area contributed by atoms with E-state index in [-0.39, 0.29) is 17.9 Å². The third kappa shape index (κ3) is 3.98. The summed E-state index contributed by atoms with van der Waals surface area (Å²) in [7, 11) is 0. The number of hydrogen-bond donors (Lipinski definition) is 3. The molecule has 5 nitrogen and oxygen atoms in total. The van der Waals surface area contributed by atoms with Gasteiger partial charge >= 0.3 is 0 Å². The highest BCUT2D eigenvalue weighted by Gasteiger charge is 2.14. The number of nitriles is 1. The molecule has 6 heteroatoms. The number of aromatic hydroxyl groups is 1. The van der Waals surface area contributed by atoms with Crippen LogP contribution in [-0.4, -0.2) is 16.1 Å². The first-order valence-electron chi connectivity index (χ1n) is 6.46. The minimum Gasteiger partial charge on any atom is -0.506 e. The van der Waals surface area contributed by atoms with E-state index in [1.807, 2.05) is 6.07 Å². The molecule has 1 atom stereocenters. The first-order valence-corrected chi connectivity index (χ1v) is 6.84. The molecule has 0 aliphatic heterocycles. The molecule has 0 saturated heterocycles. The summed E-state index contributed by atoms with van der Waals surface area (Å²) in [6.07, 6.45) is -1.17. The maximum absolute atomic E-state index is 11.9. The number of aliphatic hydroxyl groups excluding tert-OH is 1. The van der Waals surface area contributed by atoms with Crippen LogP contribution in [0.5, 0.6) is 5.75 Å². The number of nitrogens with one attached hydrogen (secondary N) is 1. The first-order chi connectivity index (χ1) is 10.5. The number of amides is 1. The summed E-state index contributed by atoms with van der Waals surface area (Å²) in [6.45, 7) is 0. The third-order valence-electron chi connectivity index (χ3n) is 3.03. The number of benzene rings is 2. The lowest BCUT2D eigenvalue weighted by Gasteiger charge is -2.12. The number of aliphatic hydroxyl groups is 1. The summed E-state index contributed by atoms with van der Waals surface area (Å²) in [4.78, 5) is 11.9. The van der Waals surface area contributed by atoms with E-state index in [2.05, 4.69) is 5.32 Å². The molecule has 0 aliphatic rings. The van der Waals surface area contributed by atoms with Crippen molar-refractivity contribution in [2.24, 2.45) is 0 Å². The minimum atomic E-state index is -0.987. The van der Waals surface area contributed by atoms with Gasteiger partial charge in [0.2, 0.25) is 5.91 Å². The number of phenols is 1. The number of phenolic OH excluding ortho intramolecular Hbond substituents is 1. The second kappa shape index (κ2) is 6.94. The van der Waals surface area contributed by atoms with E-state index >= 15 is 0 Å². The quantitative estimate of drug-likeness (QED) is 0.756. The predicted octanol–water partition coefficient (Wildman–Crippen LogP) is 2.98. The summed E-state index contributed by atoms with van der Waals surface area (Å²) in [5, 5.41) is 31.5. The molecule has 3 N–H and O–H groups in total. The van der Waals surface area contributed by atoms with E-state index in [9.17, 15) is 15.0 Å². The predicted molar refractivity (Wildman–Crippen MR) is 82.5 cm³/mol. The number of hydrogen-bond acceptors (Lipinski definition) is 4. The van der Waals surface area contributed by atoms with Gasteiger partial charge in [-0.3, -0.25) is 4.79 Å². The number of halogens is 1. The van der Waals surface area contributed by atoms with Crippen molar-refractivity contribution in [3.63, 3.8) is 0 Å². The van der Waals surface area contributed by atoms with Crippen molar-refractivity contribution in [2.75, 3.05) is 5.32 Å². The van der Waals surface area contributed by atoms with Gasteiger partial charge < -0.3 is 15.5 Å². The number of nitrogens with zero attached hydrogens (tertiary/aromatic N) is 1. The minimum absolute atomic E-state index is 0.132. The van der Waals surface area contributed by atoms with Gasteiger partial charge in [0, 0.05) is 5.02 Å². The molecule has 0 heterocycles. The SMILES string of the molecule is N#Cc1ccc(O)c(NC(=O)CC(O)c2ccc(Cl)cc2)c1. The molecule has 0 spiro atoms. The van der Waals surface area contributed by atoms with Crippen LogP contribution in [0.15, 0.2) is 42.5 Å². The fourth-order valence-corrected chi connectivity index (χ4v) is 2.01. The molecule has 112 valence electrons. The van der Waals surface area contributed by atoms with E-state index in [4.69, 9.17) is 16.9 Å². The molecule has 0 aliphatic carbocycles. The standard InChI is InChI=1S/C16H13ClN2O3/c17-12-4-2-11(3-5-12)15(21)8-16(22)19-13-7-10(9-18)1-6-14(13)20/h1-7,15,20-21H,8H2,(H,19,22). The molecular weight excluding hydrogens is 304 g/mol. The normalized spacial score (nSPS) is 11.5. The molecule has 0 radical (unpaired) electrons. The highest BCUT2D eigenvalue weighted by molar-refractivity contribution is 6.30. The van der Waals surface area contributed by atoms with Crippen molar-refractivity contribution >= 4 is 23.2 Å². The molecule has 2 aromatic carbocycles. The fourth-order valence-electron chi connectivity index (χ4n) is 1.89. The maximum atomic E-state index is 11.9. The van der Waals surface area contributed by atoms with Gasteiger partial charge in [-0.05, 0) is 35.9 Å². The zero-order valence-corrected chi connectivity index (χ0v) is 12.2. The molecule has 0 aromatic heterocycles. The summed E-state index contributed by atoms with van der Waals surface area (Å²) < 4.78 is 0. The Morgan fingerprint density at radius 2 is 1.95 bits per heavy atom. The lowest BCUT2D eigenvalue weighted by atomic mass is 10.1. The van der Waals surface area contributed by atoms with Gasteiger partial charge in [0.25, 0.3) is 0 Å². The third-order valence-corrected chi connectivity index (χ3v) is 3.29. The molecule has 2 rings (SSSR count). The molecular formula is C16H13ClN2O3. The van der Waals surface area contributed by atoms with Crippen molar-refractivity contribution in [2.45, 2.75) is 12.5 Å². The Bertz CT molecular complexity index is 723. The van der Waals surface area contributed by atoms with Crippen LogP contribution in [0.1, 0.15) is 23.7 Å². The van der Waals surface area contributed by atoms with Crippen LogP contribution < -0.4 is 5.32 Å². The Morgan fingerprint density at radius 3 is 2.59 bits per heavy atom. The number of carbonyl (C=O) groups is 1. The van der Waals surface area contributed by atoms with Crippen molar-refractivity contribution in [1.29, 1.82) is 5.26 Å². The molecule has 0 bridgehead atoms. The van der Waals surface area contributed by atoms with Crippen LogP contribution >= 0.6 is 11.6 Å². The van der Waals surface area contributed by atoms with Gasteiger partial charge in [0.15, 0.2) is 0 Å². The smallest absolute Gasteiger partial charge is 0.227 e. The average Bonchev–Trinajstić information content (AvgIpc) is 2.50. The second-order valence-corrected chi connectivity index (χ2v) is 5.10. The molecule has 0 saturated carbocycles. The van der Waals surface area contributed by atoms with Gasteiger partial charge in [-0.15, -0.1) is 0 Å². The Labute approximate surface area is 132 Å². The zero-order valence-electron chi connectivity index (χ0n) is 11.5. The molecule has 22 heavy (non-hydrogen) atoms. The highest BCUT2D eigenvalue weighted by Crippen LogP contribution is 2.25. The Kier molecular flexibility index (Phi) is 4.99. The van der Waals surface area contributed by atoms with Gasteiger partial charge in [-0.2, -0.15) is 5.26 Å². The van der Waals surface area contributed by atoms with Crippen LogP contribution in [0, 0.1) is 11.3 Å². The Balaban J connectivity index is 2.04. The van der Waals surface area contributed by atoms with Crippen molar-refractivity contribution in [1.82, 2.24) is 0 Å². The number of anilines is 1. The summed E-state index contributed by atoms with van der Waals surface area (Å²) in [5.41, 5.74) is 1.01. The average molecular weight is 317 g/mol. The van der Waals surface area contributed by atoms with Crippen LogP contribution in [0.25, 0.3) is 0 Å². The molecule has 2 aromatic rings. The second-order valence-electron chi connectivity index (χ2n) is 4.66. The van der Waals surface area contributed by atoms with E-state index in [0.717, 1.165) is 0 Å². The van der Waals surface area contributed by atoms with Crippen LogP contribution in [0.2, 0.25) is 5.02 Å². The fraction of sp³-hybridized carbons (Fsp3) is 0.125. The van der Waals surface area contributed by atoms with Crippen LogP contribution in [0.3, 0.4) is 0 Å². The zero-order chi connectivity index (χ0) is 16.1. The number of rotatable bonds is 4. The molecule has 1 unspecified atom stereocenters. The van der Waals surface area contributed by atoms with Crippen molar-refractivity contribution in [3.8, 4) is 11.8 Å². The number of carbonyl (C=O) groups excluding carboxylic acids is 1. The lowest BCUT2D eigenvalue weighted by Crippen LogP contribution is -2.15. The Morgan fingerprint density at radius 1 is 1.27 bits per heavy atom. The lowest BCUT2D eigenvalue weighted by molar-refractivity contribution is -0.118. The summed E-state index contributed by atoms with van der Waals surface area (Å²) in [5.74, 6) is -0.624. The highest BCUT2D eigenvalue weighted by atomic mass is 35.5. The van der Waals surface area contributed by atoms with Gasteiger partial charge in [0.1, 0.15) is 5.75 Å². The summed E-state index contributed by atoms with van der Waals surface area (Å²) in [6, 6.07) is 12.6. The van der Waals surface area contributed by atoms with Gasteiger partial charge in [-0.1, -0.05) is 23.7 Å². The van der Waals surface area contributed by atoms with Crippen LogP contribution in [0.4, 0.5) is 5.69 Å². The molecule has 0 fully saturated rings. The van der Waals surface area contributed by atoms with Crippen molar-refractivity contribution < 1.29 is 15.0 Å². The van der Waals surface area contributed by atoms with E-state index in [1.54, 1.807) is 24.3 Å². The summed E-state index contributed by atoms with van der Waals surface area (Å²) >= 11 is 5.76. The Hall–Kier alpha value is -2.55. The van der Waals surface area contributed by atoms with Crippen LogP contribution in [-0.2, 0) is 4.79 Å². The molecule has 1 amide bonds. The topological polar surface area (TPSA) is 93.4 Å².